The lowest BCUT2D eigenvalue weighted by molar-refractivity contribution is -0.152. The lowest BCUT2D eigenvalue weighted by atomic mass is 10.0. The summed E-state index contributed by atoms with van der Waals surface area (Å²) in [6.07, 6.45) is 0.362. The standard InChI is InChI=1S/C8H14O4/c1-3-6(5-7(9)10)8(11)12-4-2/h6H,3-5H2,1-2H3,(H,9,10). The van der Waals surface area contributed by atoms with Crippen molar-refractivity contribution in [1.29, 1.82) is 0 Å². The largest absolute Gasteiger partial charge is 0.481 e. The van der Waals surface area contributed by atoms with E-state index in [1.807, 2.05) is 0 Å². The second-order valence-corrected chi connectivity index (χ2v) is 2.46. The molecule has 0 aromatic carbocycles. The van der Waals surface area contributed by atoms with Crippen LogP contribution in [0.4, 0.5) is 0 Å². The summed E-state index contributed by atoms with van der Waals surface area (Å²) < 4.78 is 4.69. The molecule has 12 heavy (non-hydrogen) atoms. The number of carboxylic acids is 1. The average Bonchev–Trinajstić information content (AvgIpc) is 2.00. The highest BCUT2D eigenvalue weighted by Gasteiger charge is 2.20. The van der Waals surface area contributed by atoms with Gasteiger partial charge in [-0.05, 0) is 13.3 Å². The summed E-state index contributed by atoms with van der Waals surface area (Å²) in [5.41, 5.74) is 0. The molecule has 0 radical (unpaired) electrons. The molecule has 0 rings (SSSR count). The van der Waals surface area contributed by atoms with Crippen LogP contribution in [0.3, 0.4) is 0 Å². The topological polar surface area (TPSA) is 63.6 Å². The highest BCUT2D eigenvalue weighted by atomic mass is 16.5. The van der Waals surface area contributed by atoms with Gasteiger partial charge in [-0.25, -0.2) is 0 Å². The first-order valence-electron chi connectivity index (χ1n) is 4.00. The molecule has 70 valence electrons. The third-order valence-corrected chi connectivity index (χ3v) is 1.53. The lowest BCUT2D eigenvalue weighted by Crippen LogP contribution is -2.20. The van der Waals surface area contributed by atoms with Crippen molar-refractivity contribution in [3.8, 4) is 0 Å². The van der Waals surface area contributed by atoms with Crippen molar-refractivity contribution < 1.29 is 19.4 Å². The number of carboxylic acid groups (broad SMARTS) is 1. The molecule has 0 aromatic heterocycles. The smallest absolute Gasteiger partial charge is 0.309 e. The van der Waals surface area contributed by atoms with E-state index in [0.29, 0.717) is 13.0 Å². The molecule has 4 nitrogen and oxygen atoms in total. The fourth-order valence-corrected chi connectivity index (χ4v) is 0.865. The van der Waals surface area contributed by atoms with Gasteiger partial charge in [-0.2, -0.15) is 0 Å². The molecule has 0 saturated carbocycles. The molecule has 0 spiro atoms. The zero-order chi connectivity index (χ0) is 9.56. The van der Waals surface area contributed by atoms with Gasteiger partial charge in [0.05, 0.1) is 18.9 Å². The summed E-state index contributed by atoms with van der Waals surface area (Å²) in [6.45, 7) is 3.77. The fourth-order valence-electron chi connectivity index (χ4n) is 0.865. The van der Waals surface area contributed by atoms with Crippen LogP contribution in [0, 0.1) is 5.92 Å². The average molecular weight is 174 g/mol. The van der Waals surface area contributed by atoms with Gasteiger partial charge in [-0.3, -0.25) is 9.59 Å². The summed E-state index contributed by atoms with van der Waals surface area (Å²) in [6, 6.07) is 0. The monoisotopic (exact) mass is 174 g/mol. The first-order valence-corrected chi connectivity index (χ1v) is 4.00. The van der Waals surface area contributed by atoms with E-state index >= 15 is 0 Å². The molecule has 1 unspecified atom stereocenters. The van der Waals surface area contributed by atoms with Crippen molar-refractivity contribution >= 4 is 11.9 Å². The third kappa shape index (κ3) is 3.95. The highest BCUT2D eigenvalue weighted by molar-refractivity contribution is 5.78. The minimum absolute atomic E-state index is 0.144. The minimum Gasteiger partial charge on any atom is -0.481 e. The molecule has 0 bridgehead atoms. The van der Waals surface area contributed by atoms with Crippen LogP contribution in [0.5, 0.6) is 0 Å². The lowest BCUT2D eigenvalue weighted by Gasteiger charge is -2.09. The summed E-state index contributed by atoms with van der Waals surface area (Å²) in [5.74, 6) is -1.88. The van der Waals surface area contributed by atoms with Crippen LogP contribution in [0.1, 0.15) is 26.7 Å². The molecule has 0 aliphatic heterocycles. The molecule has 0 heterocycles. The molecule has 1 atom stereocenters. The van der Waals surface area contributed by atoms with Crippen molar-refractivity contribution in [1.82, 2.24) is 0 Å². The Hall–Kier alpha value is -1.06. The Kier molecular flexibility index (Phi) is 5.08. The van der Waals surface area contributed by atoms with E-state index in [1.54, 1.807) is 13.8 Å². The Morgan fingerprint density at radius 2 is 2.00 bits per heavy atom. The van der Waals surface area contributed by atoms with Crippen LogP contribution in [0.2, 0.25) is 0 Å². The molecular weight excluding hydrogens is 160 g/mol. The van der Waals surface area contributed by atoms with E-state index in [4.69, 9.17) is 9.84 Å². The van der Waals surface area contributed by atoms with E-state index < -0.39 is 17.9 Å². The molecule has 1 N–H and O–H groups in total. The van der Waals surface area contributed by atoms with Crippen LogP contribution in [-0.4, -0.2) is 23.7 Å². The van der Waals surface area contributed by atoms with Gasteiger partial charge in [0.15, 0.2) is 0 Å². The maximum Gasteiger partial charge on any atom is 0.309 e. The number of carbonyl (C=O) groups is 2. The maximum atomic E-state index is 11.0. The van der Waals surface area contributed by atoms with Gasteiger partial charge in [0.25, 0.3) is 0 Å². The van der Waals surface area contributed by atoms with E-state index in [0.717, 1.165) is 0 Å². The second kappa shape index (κ2) is 5.57. The van der Waals surface area contributed by atoms with Gasteiger partial charge in [0, 0.05) is 0 Å². The highest BCUT2D eigenvalue weighted by Crippen LogP contribution is 2.10. The van der Waals surface area contributed by atoms with Gasteiger partial charge in [0.2, 0.25) is 0 Å². The van der Waals surface area contributed by atoms with E-state index in [9.17, 15) is 9.59 Å². The number of ether oxygens (including phenoxy) is 1. The van der Waals surface area contributed by atoms with Crippen LogP contribution >= 0.6 is 0 Å². The minimum atomic E-state index is -0.963. The number of hydrogen-bond acceptors (Lipinski definition) is 3. The summed E-state index contributed by atoms with van der Waals surface area (Å²) in [4.78, 5) is 21.3. The predicted octanol–water partition coefficient (Wildman–Crippen LogP) is 1.05. The summed E-state index contributed by atoms with van der Waals surface area (Å²) in [7, 11) is 0. The Balaban J connectivity index is 3.96. The van der Waals surface area contributed by atoms with Crippen molar-refractivity contribution in [2.24, 2.45) is 5.92 Å². The maximum absolute atomic E-state index is 11.0. The van der Waals surface area contributed by atoms with Gasteiger partial charge < -0.3 is 9.84 Å². The van der Waals surface area contributed by atoms with Gasteiger partial charge in [-0.15, -0.1) is 0 Å². The van der Waals surface area contributed by atoms with Crippen molar-refractivity contribution in [3.05, 3.63) is 0 Å². The Morgan fingerprint density at radius 3 is 2.33 bits per heavy atom. The van der Waals surface area contributed by atoms with Crippen LogP contribution in [0.15, 0.2) is 0 Å². The SMILES string of the molecule is CCOC(=O)C(CC)CC(=O)O. The first kappa shape index (κ1) is 10.9. The van der Waals surface area contributed by atoms with Crippen LogP contribution in [0.25, 0.3) is 0 Å². The number of carbonyl (C=O) groups excluding carboxylic acids is 1. The quantitative estimate of drug-likeness (QED) is 0.633. The number of aliphatic carboxylic acids is 1. The molecule has 0 aliphatic carbocycles. The molecule has 0 aromatic rings. The van der Waals surface area contributed by atoms with Gasteiger partial charge >= 0.3 is 11.9 Å². The Morgan fingerprint density at radius 1 is 1.42 bits per heavy atom. The molecule has 0 amide bonds. The Bertz CT molecular complexity index is 164. The normalized spacial score (nSPS) is 12.2. The van der Waals surface area contributed by atoms with Crippen molar-refractivity contribution in [2.75, 3.05) is 6.61 Å². The predicted molar refractivity (Wildman–Crippen MR) is 42.7 cm³/mol. The zero-order valence-corrected chi connectivity index (χ0v) is 7.37. The summed E-state index contributed by atoms with van der Waals surface area (Å²) in [5, 5.41) is 8.42. The number of rotatable bonds is 5. The Labute approximate surface area is 71.5 Å². The molecular formula is C8H14O4. The number of hydrogen-bond donors (Lipinski definition) is 1. The van der Waals surface area contributed by atoms with Crippen LogP contribution < -0.4 is 0 Å². The van der Waals surface area contributed by atoms with E-state index in [1.165, 1.54) is 0 Å². The van der Waals surface area contributed by atoms with E-state index in [2.05, 4.69) is 0 Å². The first-order chi connectivity index (χ1) is 5.61. The zero-order valence-electron chi connectivity index (χ0n) is 7.37. The van der Waals surface area contributed by atoms with Gasteiger partial charge in [-0.1, -0.05) is 6.92 Å². The van der Waals surface area contributed by atoms with E-state index in [-0.39, 0.29) is 6.42 Å². The third-order valence-electron chi connectivity index (χ3n) is 1.53. The van der Waals surface area contributed by atoms with Crippen molar-refractivity contribution in [3.63, 3.8) is 0 Å². The van der Waals surface area contributed by atoms with Crippen LogP contribution in [-0.2, 0) is 14.3 Å². The molecule has 0 saturated heterocycles. The summed E-state index contributed by atoms with van der Waals surface area (Å²) >= 11 is 0. The molecule has 0 fully saturated rings. The fraction of sp³-hybridized carbons (Fsp3) is 0.750. The molecule has 0 aliphatic rings. The molecule has 4 heteroatoms. The van der Waals surface area contributed by atoms with Crippen molar-refractivity contribution in [2.45, 2.75) is 26.7 Å². The second-order valence-electron chi connectivity index (χ2n) is 2.46. The number of esters is 1. The van der Waals surface area contributed by atoms with Gasteiger partial charge in [0.1, 0.15) is 0 Å².